The molecular formula is C12H14BrClN2O3. The lowest BCUT2D eigenvalue weighted by Gasteiger charge is -2.08. The van der Waals surface area contributed by atoms with E-state index in [9.17, 15) is 14.9 Å². The van der Waals surface area contributed by atoms with Crippen LogP contribution in [0.5, 0.6) is 0 Å². The van der Waals surface area contributed by atoms with Crippen molar-refractivity contribution in [2.24, 2.45) is 0 Å². The molecule has 0 saturated carbocycles. The molecule has 0 aliphatic rings. The third-order valence-electron chi connectivity index (χ3n) is 2.54. The molecule has 0 fully saturated rings. The predicted octanol–water partition coefficient (Wildman–Crippen LogP) is 3.54. The lowest BCUT2D eigenvalue weighted by Crippen LogP contribution is -2.26. The third-order valence-corrected chi connectivity index (χ3v) is 3.87. The fourth-order valence-electron chi connectivity index (χ4n) is 1.46. The number of alkyl halides is 1. The zero-order chi connectivity index (χ0) is 14.4. The van der Waals surface area contributed by atoms with Crippen molar-refractivity contribution in [1.29, 1.82) is 0 Å². The monoisotopic (exact) mass is 348 g/mol. The smallest absolute Gasteiger partial charge is 0.271 e. The molecule has 7 heteroatoms. The molecule has 0 bridgehead atoms. The van der Waals surface area contributed by atoms with Gasteiger partial charge in [0.2, 0.25) is 0 Å². The molecule has 0 aliphatic heterocycles. The normalized spacial score (nSPS) is 11.9. The number of nitrogens with zero attached hydrogens (tertiary/aromatic N) is 1. The summed E-state index contributed by atoms with van der Waals surface area (Å²) in [6.07, 6.45) is 1.77. The number of carbonyl (C=O) groups is 1. The average Bonchev–Trinajstić information content (AvgIpc) is 2.37. The molecular weight excluding hydrogens is 336 g/mol. The number of hydrogen-bond donors (Lipinski definition) is 1. The van der Waals surface area contributed by atoms with Gasteiger partial charge in [-0.25, -0.2) is 0 Å². The van der Waals surface area contributed by atoms with Crippen LogP contribution in [-0.4, -0.2) is 22.2 Å². The first-order chi connectivity index (χ1) is 8.93. The van der Waals surface area contributed by atoms with Gasteiger partial charge in [0.15, 0.2) is 0 Å². The van der Waals surface area contributed by atoms with E-state index in [0.29, 0.717) is 11.4 Å². The summed E-state index contributed by atoms with van der Waals surface area (Å²) in [5.74, 6) is -0.360. The van der Waals surface area contributed by atoms with Crippen molar-refractivity contribution in [1.82, 2.24) is 5.32 Å². The van der Waals surface area contributed by atoms with E-state index in [1.165, 1.54) is 18.2 Å². The molecule has 19 heavy (non-hydrogen) atoms. The first-order valence-electron chi connectivity index (χ1n) is 5.81. The molecule has 1 unspecified atom stereocenters. The molecule has 1 amide bonds. The maximum absolute atomic E-state index is 11.8. The minimum atomic E-state index is -0.575. The topological polar surface area (TPSA) is 72.2 Å². The molecule has 0 aromatic heterocycles. The van der Waals surface area contributed by atoms with Crippen molar-refractivity contribution in [2.45, 2.75) is 24.6 Å². The van der Waals surface area contributed by atoms with Gasteiger partial charge in [-0.2, -0.15) is 0 Å². The molecule has 0 heterocycles. The number of carbonyl (C=O) groups excluding carboxylic acids is 1. The van der Waals surface area contributed by atoms with Gasteiger partial charge in [0.25, 0.3) is 11.6 Å². The number of hydrogen-bond acceptors (Lipinski definition) is 3. The molecule has 0 aliphatic carbocycles. The highest BCUT2D eigenvalue weighted by molar-refractivity contribution is 9.09. The molecule has 1 aromatic rings. The van der Waals surface area contributed by atoms with E-state index in [1.54, 1.807) is 0 Å². The number of nitrogens with one attached hydrogen (secondary N) is 1. The van der Waals surface area contributed by atoms with Crippen LogP contribution in [0.25, 0.3) is 0 Å². The lowest BCUT2D eigenvalue weighted by molar-refractivity contribution is -0.384. The van der Waals surface area contributed by atoms with E-state index in [-0.39, 0.29) is 22.2 Å². The number of non-ortho nitro benzene ring substituents is 1. The van der Waals surface area contributed by atoms with Crippen LogP contribution in [0.3, 0.4) is 0 Å². The summed E-state index contributed by atoms with van der Waals surface area (Å²) in [7, 11) is 0. The van der Waals surface area contributed by atoms with Crippen LogP contribution in [-0.2, 0) is 0 Å². The average molecular weight is 350 g/mol. The number of nitro benzene ring substituents is 1. The number of rotatable bonds is 6. The Labute approximate surface area is 124 Å². The van der Waals surface area contributed by atoms with Crippen molar-refractivity contribution in [3.05, 3.63) is 38.9 Å². The first-order valence-corrected chi connectivity index (χ1v) is 7.10. The summed E-state index contributed by atoms with van der Waals surface area (Å²) in [6.45, 7) is 2.55. The van der Waals surface area contributed by atoms with Gasteiger partial charge >= 0.3 is 0 Å². The quantitative estimate of drug-likeness (QED) is 0.485. The minimum Gasteiger partial charge on any atom is -0.352 e. The number of benzene rings is 1. The number of nitro groups is 1. The Morgan fingerprint density at radius 2 is 2.21 bits per heavy atom. The summed E-state index contributed by atoms with van der Waals surface area (Å²) in [5.41, 5.74) is 0.00592. The molecule has 104 valence electrons. The first kappa shape index (κ1) is 15.9. The van der Waals surface area contributed by atoms with Gasteiger partial charge in [0, 0.05) is 34.1 Å². The maximum Gasteiger partial charge on any atom is 0.271 e. The van der Waals surface area contributed by atoms with Crippen LogP contribution >= 0.6 is 27.5 Å². The van der Waals surface area contributed by atoms with E-state index < -0.39 is 4.92 Å². The molecule has 1 aromatic carbocycles. The summed E-state index contributed by atoms with van der Waals surface area (Å²) in [5, 5.41) is 13.6. The third kappa shape index (κ3) is 5.16. The fraction of sp³-hybridized carbons (Fsp3) is 0.417. The van der Waals surface area contributed by atoms with Gasteiger partial charge in [-0.15, -0.1) is 0 Å². The highest BCUT2D eigenvalue weighted by atomic mass is 79.9. The Morgan fingerprint density at radius 1 is 1.53 bits per heavy atom. The summed E-state index contributed by atoms with van der Waals surface area (Å²) in [4.78, 5) is 22.3. The van der Waals surface area contributed by atoms with Gasteiger partial charge in [-0.3, -0.25) is 14.9 Å². The fourth-order valence-corrected chi connectivity index (χ4v) is 1.92. The van der Waals surface area contributed by atoms with Gasteiger partial charge in [-0.05, 0) is 18.9 Å². The highest BCUT2D eigenvalue weighted by Crippen LogP contribution is 2.20. The molecule has 0 saturated heterocycles. The number of amides is 1. The van der Waals surface area contributed by atoms with Gasteiger partial charge in [0.1, 0.15) is 0 Å². The van der Waals surface area contributed by atoms with Gasteiger partial charge in [-0.1, -0.05) is 34.5 Å². The van der Waals surface area contributed by atoms with Crippen molar-refractivity contribution in [3.63, 3.8) is 0 Å². The summed E-state index contributed by atoms with van der Waals surface area (Å²) < 4.78 is 0. The zero-order valence-corrected chi connectivity index (χ0v) is 12.7. The van der Waals surface area contributed by atoms with Gasteiger partial charge in [0.05, 0.1) is 4.92 Å². The largest absolute Gasteiger partial charge is 0.352 e. The molecule has 0 radical (unpaired) electrons. The summed E-state index contributed by atoms with van der Waals surface area (Å²) >= 11 is 9.22. The Hall–Kier alpha value is -1.14. The highest BCUT2D eigenvalue weighted by Gasteiger charge is 2.13. The van der Waals surface area contributed by atoms with E-state index in [2.05, 4.69) is 21.2 Å². The van der Waals surface area contributed by atoms with E-state index in [4.69, 9.17) is 11.6 Å². The predicted molar refractivity (Wildman–Crippen MR) is 78.1 cm³/mol. The second-order valence-corrected chi connectivity index (χ2v) is 5.74. The van der Waals surface area contributed by atoms with E-state index in [0.717, 1.165) is 12.8 Å². The summed E-state index contributed by atoms with van der Waals surface area (Å²) in [6, 6.07) is 3.84. The van der Waals surface area contributed by atoms with Gasteiger partial charge < -0.3 is 5.32 Å². The Kier molecular flexibility index (Phi) is 6.24. The van der Waals surface area contributed by atoms with Crippen molar-refractivity contribution >= 4 is 39.1 Å². The molecule has 1 rings (SSSR count). The Morgan fingerprint density at radius 3 is 2.79 bits per heavy atom. The molecule has 0 spiro atoms. The van der Waals surface area contributed by atoms with Crippen molar-refractivity contribution < 1.29 is 9.72 Å². The molecule has 1 atom stereocenters. The van der Waals surface area contributed by atoms with E-state index in [1.807, 2.05) is 6.92 Å². The van der Waals surface area contributed by atoms with Crippen molar-refractivity contribution in [3.8, 4) is 0 Å². The van der Waals surface area contributed by atoms with Crippen molar-refractivity contribution in [2.75, 3.05) is 6.54 Å². The van der Waals surface area contributed by atoms with Crippen LogP contribution in [0.1, 0.15) is 30.1 Å². The second kappa shape index (κ2) is 7.45. The van der Waals surface area contributed by atoms with Crippen LogP contribution in [0.4, 0.5) is 5.69 Å². The molecule has 5 nitrogen and oxygen atoms in total. The second-order valence-electron chi connectivity index (χ2n) is 4.01. The van der Waals surface area contributed by atoms with Crippen LogP contribution in [0.2, 0.25) is 5.02 Å². The number of halogens is 2. The van der Waals surface area contributed by atoms with Crippen LogP contribution in [0.15, 0.2) is 18.2 Å². The Bertz CT molecular complexity index is 482. The van der Waals surface area contributed by atoms with Crippen LogP contribution < -0.4 is 5.32 Å². The zero-order valence-electron chi connectivity index (χ0n) is 10.4. The minimum absolute atomic E-state index is 0.172. The SMILES string of the molecule is CCC(Br)CCNC(=O)c1cc(Cl)cc([N+](=O)[O-])c1. The standard InChI is InChI=1S/C12H14BrClN2O3/c1-2-9(13)3-4-15-12(17)8-5-10(14)7-11(6-8)16(18)19/h5-7,9H,2-4H2,1H3,(H,15,17). The lowest BCUT2D eigenvalue weighted by atomic mass is 10.2. The molecule has 1 N–H and O–H groups in total. The van der Waals surface area contributed by atoms with E-state index >= 15 is 0 Å². The Balaban J connectivity index is 2.69. The maximum atomic E-state index is 11.8. The van der Waals surface area contributed by atoms with Crippen LogP contribution in [0, 0.1) is 10.1 Å².